The van der Waals surface area contributed by atoms with Crippen molar-refractivity contribution in [2.75, 3.05) is 13.7 Å². The van der Waals surface area contributed by atoms with Gasteiger partial charge >= 0.3 is 0 Å². The van der Waals surface area contributed by atoms with Gasteiger partial charge in [0.25, 0.3) is 0 Å². The summed E-state index contributed by atoms with van der Waals surface area (Å²) in [6.07, 6.45) is 5.80. The fraction of sp³-hybridized carbons (Fsp3) is 0.238. The normalized spacial score (nSPS) is 13.2. The molecular formula is C21H23IO4. The Hall–Kier alpha value is -1.83. The molecule has 2 rings (SSSR count). The molecule has 0 radical (unpaired) electrons. The van der Waals surface area contributed by atoms with Crippen LogP contribution in [0.5, 0.6) is 11.5 Å². The Bertz CT molecular complexity index is 769. The van der Waals surface area contributed by atoms with E-state index in [2.05, 4.69) is 22.6 Å². The first-order chi connectivity index (χ1) is 12.5. The van der Waals surface area contributed by atoms with E-state index in [4.69, 9.17) is 9.84 Å². The SMILES string of the molecule is COc1cc(/C=C(/CC[C@@H](O)/C=C\CO)c2ccccc2)cc(I)c1O. The molecule has 0 saturated heterocycles. The van der Waals surface area contributed by atoms with Crippen LogP contribution in [-0.2, 0) is 0 Å². The van der Waals surface area contributed by atoms with Crippen LogP contribution in [0.4, 0.5) is 0 Å². The predicted molar refractivity (Wildman–Crippen MR) is 113 cm³/mol. The van der Waals surface area contributed by atoms with Gasteiger partial charge in [0.05, 0.1) is 23.4 Å². The number of hydrogen-bond acceptors (Lipinski definition) is 4. The van der Waals surface area contributed by atoms with Crippen LogP contribution < -0.4 is 4.74 Å². The van der Waals surface area contributed by atoms with Gasteiger partial charge in [-0.2, -0.15) is 0 Å². The van der Waals surface area contributed by atoms with Gasteiger partial charge in [0.15, 0.2) is 11.5 Å². The number of phenolic OH excluding ortho intramolecular Hbond substituents is 1. The molecule has 0 spiro atoms. The number of allylic oxidation sites excluding steroid dienone is 1. The number of phenols is 1. The Labute approximate surface area is 167 Å². The second kappa shape index (κ2) is 10.4. The third-order valence-electron chi connectivity index (χ3n) is 3.93. The quantitative estimate of drug-likeness (QED) is 0.310. The number of methoxy groups -OCH3 is 1. The number of benzene rings is 2. The second-order valence-corrected chi connectivity index (χ2v) is 6.97. The van der Waals surface area contributed by atoms with E-state index >= 15 is 0 Å². The van der Waals surface area contributed by atoms with E-state index < -0.39 is 6.10 Å². The molecule has 0 amide bonds. The Morgan fingerprint density at radius 2 is 1.96 bits per heavy atom. The minimum Gasteiger partial charge on any atom is -0.504 e. The van der Waals surface area contributed by atoms with Crippen molar-refractivity contribution in [2.45, 2.75) is 18.9 Å². The predicted octanol–water partition coefficient (Wildman–Crippen LogP) is 4.24. The summed E-state index contributed by atoms with van der Waals surface area (Å²) in [7, 11) is 1.53. The van der Waals surface area contributed by atoms with E-state index in [9.17, 15) is 10.2 Å². The molecule has 0 saturated carbocycles. The molecule has 26 heavy (non-hydrogen) atoms. The van der Waals surface area contributed by atoms with E-state index in [1.54, 1.807) is 18.2 Å². The maximum Gasteiger partial charge on any atom is 0.171 e. The molecule has 4 nitrogen and oxygen atoms in total. The topological polar surface area (TPSA) is 69.9 Å². The average molecular weight is 466 g/mol. The van der Waals surface area contributed by atoms with Gasteiger partial charge in [0.1, 0.15) is 0 Å². The first-order valence-corrected chi connectivity index (χ1v) is 9.41. The smallest absolute Gasteiger partial charge is 0.171 e. The molecule has 1 atom stereocenters. The lowest BCUT2D eigenvalue weighted by atomic mass is 9.97. The highest BCUT2D eigenvalue weighted by molar-refractivity contribution is 14.1. The summed E-state index contributed by atoms with van der Waals surface area (Å²) in [6, 6.07) is 13.7. The molecular weight excluding hydrogens is 443 g/mol. The molecule has 138 valence electrons. The molecule has 0 fully saturated rings. The van der Waals surface area contributed by atoms with Crippen molar-refractivity contribution in [3.63, 3.8) is 0 Å². The molecule has 0 aromatic heterocycles. The lowest BCUT2D eigenvalue weighted by Crippen LogP contribution is -2.02. The third-order valence-corrected chi connectivity index (χ3v) is 4.75. The fourth-order valence-corrected chi connectivity index (χ4v) is 3.23. The lowest BCUT2D eigenvalue weighted by Gasteiger charge is -2.12. The molecule has 3 N–H and O–H groups in total. The summed E-state index contributed by atoms with van der Waals surface area (Å²) in [6.45, 7) is -0.0792. The first kappa shape index (κ1) is 20.5. The molecule has 0 aliphatic rings. The molecule has 0 heterocycles. The van der Waals surface area contributed by atoms with Gasteiger partial charge in [-0.1, -0.05) is 48.6 Å². The van der Waals surface area contributed by atoms with Gasteiger partial charge in [-0.15, -0.1) is 0 Å². The lowest BCUT2D eigenvalue weighted by molar-refractivity contribution is 0.213. The van der Waals surface area contributed by atoms with Crippen LogP contribution in [-0.4, -0.2) is 35.1 Å². The number of hydrogen-bond donors (Lipinski definition) is 3. The molecule has 0 aliphatic carbocycles. The third kappa shape index (κ3) is 5.86. The zero-order chi connectivity index (χ0) is 18.9. The van der Waals surface area contributed by atoms with Crippen LogP contribution in [0.1, 0.15) is 24.0 Å². The van der Waals surface area contributed by atoms with Gasteiger partial charge in [0.2, 0.25) is 0 Å². The Balaban J connectivity index is 2.33. The molecule has 0 unspecified atom stereocenters. The minimum absolute atomic E-state index is 0.0792. The van der Waals surface area contributed by atoms with Gasteiger partial charge in [-0.05, 0) is 64.3 Å². The molecule has 2 aromatic rings. The van der Waals surface area contributed by atoms with Gasteiger partial charge in [0, 0.05) is 0 Å². The van der Waals surface area contributed by atoms with E-state index in [1.807, 2.05) is 42.5 Å². The van der Waals surface area contributed by atoms with Crippen molar-refractivity contribution in [3.05, 3.63) is 69.3 Å². The number of aliphatic hydroxyl groups is 2. The Morgan fingerprint density at radius 1 is 1.23 bits per heavy atom. The Morgan fingerprint density at radius 3 is 2.62 bits per heavy atom. The van der Waals surface area contributed by atoms with E-state index in [-0.39, 0.29) is 12.4 Å². The summed E-state index contributed by atoms with van der Waals surface area (Å²) < 4.78 is 5.95. The van der Waals surface area contributed by atoms with E-state index in [1.165, 1.54) is 7.11 Å². The van der Waals surface area contributed by atoms with Gasteiger partial charge in [-0.25, -0.2) is 0 Å². The van der Waals surface area contributed by atoms with Crippen molar-refractivity contribution in [1.82, 2.24) is 0 Å². The maximum atomic E-state index is 10.0. The summed E-state index contributed by atoms with van der Waals surface area (Å²) >= 11 is 2.08. The highest BCUT2D eigenvalue weighted by atomic mass is 127. The zero-order valence-corrected chi connectivity index (χ0v) is 16.8. The number of halogens is 1. The minimum atomic E-state index is -0.608. The number of rotatable bonds is 8. The second-order valence-electron chi connectivity index (χ2n) is 5.81. The first-order valence-electron chi connectivity index (χ1n) is 8.33. The van der Waals surface area contributed by atoms with Crippen LogP contribution in [0.3, 0.4) is 0 Å². The molecule has 5 heteroatoms. The average Bonchev–Trinajstić information content (AvgIpc) is 2.66. The van der Waals surface area contributed by atoms with Crippen molar-refractivity contribution in [1.29, 1.82) is 0 Å². The highest BCUT2D eigenvalue weighted by Gasteiger charge is 2.10. The highest BCUT2D eigenvalue weighted by Crippen LogP contribution is 2.34. The van der Waals surface area contributed by atoms with Crippen LogP contribution >= 0.6 is 22.6 Å². The molecule has 0 bridgehead atoms. The van der Waals surface area contributed by atoms with Gasteiger partial charge < -0.3 is 20.1 Å². The molecule has 2 aromatic carbocycles. The number of aliphatic hydroxyl groups excluding tert-OH is 2. The zero-order valence-electron chi connectivity index (χ0n) is 14.6. The maximum absolute atomic E-state index is 10.0. The van der Waals surface area contributed by atoms with Crippen LogP contribution in [0.25, 0.3) is 11.6 Å². The van der Waals surface area contributed by atoms with Crippen LogP contribution in [0.15, 0.2) is 54.6 Å². The van der Waals surface area contributed by atoms with E-state index in [0.717, 1.165) is 16.7 Å². The van der Waals surface area contributed by atoms with Crippen LogP contribution in [0.2, 0.25) is 0 Å². The number of aromatic hydroxyl groups is 1. The monoisotopic (exact) mass is 466 g/mol. The number of ether oxygens (including phenoxy) is 1. The van der Waals surface area contributed by atoms with Gasteiger partial charge in [-0.3, -0.25) is 0 Å². The summed E-state index contributed by atoms with van der Waals surface area (Å²) in [5, 5.41) is 28.9. The Kier molecular flexibility index (Phi) is 8.15. The summed E-state index contributed by atoms with van der Waals surface area (Å²) in [4.78, 5) is 0. The van der Waals surface area contributed by atoms with Crippen molar-refractivity contribution in [3.8, 4) is 11.5 Å². The summed E-state index contributed by atoms with van der Waals surface area (Å²) in [5.41, 5.74) is 3.07. The summed E-state index contributed by atoms with van der Waals surface area (Å²) in [5.74, 6) is 0.567. The van der Waals surface area contributed by atoms with Crippen LogP contribution in [0, 0.1) is 3.57 Å². The van der Waals surface area contributed by atoms with Crippen molar-refractivity contribution < 1.29 is 20.1 Å². The van der Waals surface area contributed by atoms with E-state index in [0.29, 0.717) is 22.2 Å². The molecule has 0 aliphatic heterocycles. The standard InChI is InChI=1S/C21H23IO4/c1-26-20-14-15(13-19(22)21(20)25)12-17(16-6-3-2-4-7-16)9-10-18(24)8-5-11-23/h2-8,12-14,18,23-25H,9-11H2,1H3/b8-5-,17-12-/t18-/m0/s1. The largest absolute Gasteiger partial charge is 0.504 e. The fourth-order valence-electron chi connectivity index (χ4n) is 2.60. The van der Waals surface area contributed by atoms with Crippen molar-refractivity contribution >= 4 is 34.2 Å². The van der Waals surface area contributed by atoms with Crippen molar-refractivity contribution in [2.24, 2.45) is 0 Å².